The van der Waals surface area contributed by atoms with E-state index in [-0.39, 0.29) is 11.9 Å². The maximum absolute atomic E-state index is 12.1. The molecular formula is C13H19N5O. The van der Waals surface area contributed by atoms with Crippen LogP contribution in [0.3, 0.4) is 0 Å². The normalized spacial score (nSPS) is 26.9. The monoisotopic (exact) mass is 261 g/mol. The lowest BCUT2D eigenvalue weighted by molar-refractivity contribution is 0.0909. The highest BCUT2D eigenvalue weighted by molar-refractivity contribution is 5.92. The van der Waals surface area contributed by atoms with Gasteiger partial charge in [0.25, 0.3) is 5.91 Å². The summed E-state index contributed by atoms with van der Waals surface area (Å²) in [6.07, 6.45) is 4.74. The molecule has 1 aromatic rings. The van der Waals surface area contributed by atoms with Gasteiger partial charge in [0.15, 0.2) is 5.69 Å². The van der Waals surface area contributed by atoms with Crippen molar-refractivity contribution in [1.82, 2.24) is 20.4 Å². The number of piperidine rings is 1. The molecule has 2 aliphatic heterocycles. The highest BCUT2D eigenvalue weighted by Gasteiger charge is 2.36. The SMILES string of the molecule is Nc1ccc(C(=O)NC2CCN3CCCCC23)nn1. The molecule has 1 amide bonds. The van der Waals surface area contributed by atoms with Crippen LogP contribution in [0.2, 0.25) is 0 Å². The number of nitrogens with two attached hydrogens (primary N) is 1. The van der Waals surface area contributed by atoms with E-state index in [1.807, 2.05) is 0 Å². The number of aromatic nitrogens is 2. The molecule has 19 heavy (non-hydrogen) atoms. The first-order valence-electron chi connectivity index (χ1n) is 6.88. The molecule has 2 aliphatic rings. The first-order valence-corrected chi connectivity index (χ1v) is 6.88. The summed E-state index contributed by atoms with van der Waals surface area (Å²) in [6.45, 7) is 2.25. The minimum absolute atomic E-state index is 0.148. The minimum Gasteiger partial charge on any atom is -0.382 e. The molecule has 0 spiro atoms. The fourth-order valence-corrected chi connectivity index (χ4v) is 3.12. The van der Waals surface area contributed by atoms with E-state index >= 15 is 0 Å². The second-order valence-corrected chi connectivity index (χ2v) is 5.31. The van der Waals surface area contributed by atoms with E-state index < -0.39 is 0 Å². The third kappa shape index (κ3) is 2.53. The maximum Gasteiger partial charge on any atom is 0.272 e. The van der Waals surface area contributed by atoms with Crippen molar-refractivity contribution in [3.05, 3.63) is 17.8 Å². The van der Waals surface area contributed by atoms with E-state index in [2.05, 4.69) is 20.4 Å². The number of carbonyl (C=O) groups is 1. The van der Waals surface area contributed by atoms with Crippen LogP contribution < -0.4 is 11.1 Å². The van der Waals surface area contributed by atoms with Crippen LogP contribution >= 0.6 is 0 Å². The fraction of sp³-hybridized carbons (Fsp3) is 0.615. The van der Waals surface area contributed by atoms with E-state index in [9.17, 15) is 4.79 Å². The molecule has 0 aliphatic carbocycles. The Morgan fingerprint density at radius 1 is 1.26 bits per heavy atom. The summed E-state index contributed by atoms with van der Waals surface area (Å²) in [6, 6.07) is 3.96. The summed E-state index contributed by atoms with van der Waals surface area (Å²) >= 11 is 0. The molecule has 3 N–H and O–H groups in total. The molecule has 0 bridgehead atoms. The second kappa shape index (κ2) is 5.13. The Bertz CT molecular complexity index is 461. The Morgan fingerprint density at radius 2 is 2.16 bits per heavy atom. The van der Waals surface area contributed by atoms with Gasteiger partial charge in [-0.15, -0.1) is 10.2 Å². The van der Waals surface area contributed by atoms with Gasteiger partial charge in [-0.3, -0.25) is 9.69 Å². The summed E-state index contributed by atoms with van der Waals surface area (Å²) in [5.41, 5.74) is 5.80. The quantitative estimate of drug-likeness (QED) is 0.806. The number of hydrogen-bond donors (Lipinski definition) is 2. The number of hydrogen-bond acceptors (Lipinski definition) is 5. The molecule has 0 saturated carbocycles. The summed E-state index contributed by atoms with van der Waals surface area (Å²) in [4.78, 5) is 14.6. The van der Waals surface area contributed by atoms with Gasteiger partial charge in [-0.05, 0) is 37.9 Å². The zero-order chi connectivity index (χ0) is 13.2. The zero-order valence-corrected chi connectivity index (χ0v) is 10.9. The molecular weight excluding hydrogens is 242 g/mol. The first kappa shape index (κ1) is 12.3. The number of rotatable bonds is 2. The van der Waals surface area contributed by atoms with Crippen LogP contribution in [0.5, 0.6) is 0 Å². The largest absolute Gasteiger partial charge is 0.382 e. The van der Waals surface area contributed by atoms with Gasteiger partial charge in [-0.1, -0.05) is 6.42 Å². The van der Waals surface area contributed by atoms with Crippen LogP contribution in [-0.4, -0.2) is 46.2 Å². The van der Waals surface area contributed by atoms with Crippen LogP contribution in [0.4, 0.5) is 5.82 Å². The zero-order valence-electron chi connectivity index (χ0n) is 10.9. The lowest BCUT2D eigenvalue weighted by Crippen LogP contribution is -2.47. The average molecular weight is 261 g/mol. The van der Waals surface area contributed by atoms with Crippen molar-refractivity contribution < 1.29 is 4.79 Å². The third-order valence-electron chi connectivity index (χ3n) is 4.09. The Balaban J connectivity index is 1.65. The van der Waals surface area contributed by atoms with Crippen LogP contribution in [0.15, 0.2) is 12.1 Å². The third-order valence-corrected chi connectivity index (χ3v) is 4.09. The number of nitrogens with one attached hydrogen (secondary N) is 1. The molecule has 2 atom stereocenters. The Morgan fingerprint density at radius 3 is 2.95 bits per heavy atom. The Labute approximate surface area is 112 Å². The second-order valence-electron chi connectivity index (χ2n) is 5.31. The van der Waals surface area contributed by atoms with E-state index in [0.717, 1.165) is 13.0 Å². The van der Waals surface area contributed by atoms with Gasteiger partial charge in [0.1, 0.15) is 5.82 Å². The van der Waals surface area contributed by atoms with Crippen molar-refractivity contribution in [2.75, 3.05) is 18.8 Å². The van der Waals surface area contributed by atoms with E-state index in [4.69, 9.17) is 5.73 Å². The van der Waals surface area contributed by atoms with Crippen molar-refractivity contribution >= 4 is 11.7 Å². The van der Waals surface area contributed by atoms with Gasteiger partial charge in [0, 0.05) is 18.6 Å². The first-order chi connectivity index (χ1) is 9.24. The van der Waals surface area contributed by atoms with Gasteiger partial charge in [-0.2, -0.15) is 0 Å². The molecule has 0 aromatic carbocycles. The minimum atomic E-state index is -0.148. The number of nitrogen functional groups attached to an aromatic ring is 1. The lowest BCUT2D eigenvalue weighted by atomic mass is 9.99. The van der Waals surface area contributed by atoms with Crippen LogP contribution in [0, 0.1) is 0 Å². The number of fused-ring (bicyclic) bond motifs is 1. The summed E-state index contributed by atoms with van der Waals surface area (Å²) in [5, 5.41) is 10.6. The van der Waals surface area contributed by atoms with E-state index in [0.29, 0.717) is 17.6 Å². The van der Waals surface area contributed by atoms with Crippen LogP contribution in [0.25, 0.3) is 0 Å². The topological polar surface area (TPSA) is 84.1 Å². The predicted octanol–water partition coefficient (Wildman–Crippen LogP) is 0.415. The van der Waals surface area contributed by atoms with Crippen molar-refractivity contribution in [2.45, 2.75) is 37.8 Å². The number of carbonyl (C=O) groups excluding carboxylic acids is 1. The summed E-state index contributed by atoms with van der Waals surface area (Å²) in [5.74, 6) is 0.181. The van der Waals surface area contributed by atoms with Crippen molar-refractivity contribution in [2.24, 2.45) is 0 Å². The lowest BCUT2D eigenvalue weighted by Gasteiger charge is -2.32. The molecule has 6 nitrogen and oxygen atoms in total. The van der Waals surface area contributed by atoms with Crippen LogP contribution in [-0.2, 0) is 0 Å². The molecule has 2 saturated heterocycles. The fourth-order valence-electron chi connectivity index (χ4n) is 3.12. The van der Waals surface area contributed by atoms with Gasteiger partial charge < -0.3 is 11.1 Å². The van der Waals surface area contributed by atoms with Gasteiger partial charge in [-0.25, -0.2) is 0 Å². The molecule has 2 fully saturated rings. The summed E-state index contributed by atoms with van der Waals surface area (Å²) in [7, 11) is 0. The number of amides is 1. The predicted molar refractivity (Wildman–Crippen MR) is 71.5 cm³/mol. The standard InChI is InChI=1S/C13H19N5O/c14-12-5-4-10(16-17-12)13(19)15-9-6-8-18-7-2-1-3-11(9)18/h4-5,9,11H,1-3,6-8H2,(H2,14,17)(H,15,19). The van der Waals surface area contributed by atoms with Crippen molar-refractivity contribution in [3.8, 4) is 0 Å². The Hall–Kier alpha value is -1.69. The molecule has 3 rings (SSSR count). The molecule has 0 radical (unpaired) electrons. The summed E-state index contributed by atoms with van der Waals surface area (Å²) < 4.78 is 0. The average Bonchev–Trinajstić information content (AvgIpc) is 2.83. The Kier molecular flexibility index (Phi) is 3.33. The van der Waals surface area contributed by atoms with E-state index in [1.165, 1.54) is 25.8 Å². The molecule has 1 aromatic heterocycles. The maximum atomic E-state index is 12.1. The van der Waals surface area contributed by atoms with Gasteiger partial charge in [0.05, 0.1) is 0 Å². The van der Waals surface area contributed by atoms with Crippen LogP contribution in [0.1, 0.15) is 36.2 Å². The number of nitrogens with zero attached hydrogens (tertiary/aromatic N) is 3. The highest BCUT2D eigenvalue weighted by Crippen LogP contribution is 2.27. The molecule has 6 heteroatoms. The van der Waals surface area contributed by atoms with Crippen molar-refractivity contribution in [3.63, 3.8) is 0 Å². The van der Waals surface area contributed by atoms with Gasteiger partial charge >= 0.3 is 0 Å². The molecule has 2 unspecified atom stereocenters. The van der Waals surface area contributed by atoms with E-state index in [1.54, 1.807) is 12.1 Å². The molecule has 3 heterocycles. The highest BCUT2D eigenvalue weighted by atomic mass is 16.2. The van der Waals surface area contributed by atoms with Crippen molar-refractivity contribution in [1.29, 1.82) is 0 Å². The molecule has 102 valence electrons. The smallest absolute Gasteiger partial charge is 0.272 e. The van der Waals surface area contributed by atoms with Gasteiger partial charge in [0.2, 0.25) is 0 Å². The number of anilines is 1.